The minimum atomic E-state index is -0.619. The normalized spacial score (nSPS) is 13.9. The Morgan fingerprint density at radius 3 is 1.79 bits per heavy atom. The van der Waals surface area contributed by atoms with E-state index in [4.69, 9.17) is 16.2 Å². The Hall–Kier alpha value is -3.72. The zero-order chi connectivity index (χ0) is 19.1. The summed E-state index contributed by atoms with van der Waals surface area (Å²) < 4.78 is 6.28. The third-order valence-corrected chi connectivity index (χ3v) is 5.54. The fourth-order valence-electron chi connectivity index (χ4n) is 4.35. The molecular weight excluding hydrogens is 344 g/mol. The molecule has 4 N–H and O–H groups in total. The standard InChI is InChI=1S/C25H20N2O/c26-20-15-16-22-23(24(20)27)25(17-9-3-1-4-10-17,18-11-5-2-6-12-18)19-13-7-8-14-21(19)28-22/h1-16H,26-27H2. The van der Waals surface area contributed by atoms with Crippen LogP contribution in [0, 0.1) is 0 Å². The van der Waals surface area contributed by atoms with Crippen molar-refractivity contribution in [3.63, 3.8) is 0 Å². The molecule has 0 bridgehead atoms. The third kappa shape index (κ3) is 2.16. The van der Waals surface area contributed by atoms with Gasteiger partial charge < -0.3 is 16.2 Å². The molecule has 4 aromatic rings. The first-order chi connectivity index (χ1) is 13.7. The smallest absolute Gasteiger partial charge is 0.134 e. The van der Waals surface area contributed by atoms with Crippen LogP contribution in [0.4, 0.5) is 11.4 Å². The van der Waals surface area contributed by atoms with Crippen molar-refractivity contribution in [2.45, 2.75) is 5.41 Å². The summed E-state index contributed by atoms with van der Waals surface area (Å²) in [6.45, 7) is 0. The molecular formula is C25H20N2O. The molecule has 5 rings (SSSR count). The number of rotatable bonds is 2. The van der Waals surface area contributed by atoms with Crippen LogP contribution in [0.1, 0.15) is 22.3 Å². The van der Waals surface area contributed by atoms with E-state index in [0.717, 1.165) is 33.8 Å². The number of hydrogen-bond donors (Lipinski definition) is 2. The molecule has 0 spiro atoms. The number of anilines is 2. The average Bonchev–Trinajstić information content (AvgIpc) is 2.76. The maximum atomic E-state index is 6.61. The zero-order valence-corrected chi connectivity index (χ0v) is 15.3. The molecule has 136 valence electrons. The molecule has 1 aliphatic rings. The summed E-state index contributed by atoms with van der Waals surface area (Å²) in [7, 11) is 0. The lowest BCUT2D eigenvalue weighted by Gasteiger charge is -2.42. The number of nitrogens with two attached hydrogens (primary N) is 2. The molecule has 1 aliphatic heterocycles. The topological polar surface area (TPSA) is 61.3 Å². The lowest BCUT2D eigenvalue weighted by atomic mass is 9.63. The van der Waals surface area contributed by atoms with Gasteiger partial charge >= 0.3 is 0 Å². The van der Waals surface area contributed by atoms with Crippen molar-refractivity contribution in [2.24, 2.45) is 0 Å². The van der Waals surface area contributed by atoms with Gasteiger partial charge in [-0.3, -0.25) is 0 Å². The molecule has 0 aliphatic carbocycles. The number of fused-ring (bicyclic) bond motifs is 2. The number of hydrogen-bond acceptors (Lipinski definition) is 3. The molecule has 1 heterocycles. The Kier molecular flexibility index (Phi) is 3.63. The predicted octanol–water partition coefficient (Wildman–Crippen LogP) is 5.34. The van der Waals surface area contributed by atoms with Gasteiger partial charge in [0, 0.05) is 11.1 Å². The van der Waals surface area contributed by atoms with Crippen LogP contribution < -0.4 is 16.2 Å². The maximum Gasteiger partial charge on any atom is 0.134 e. The van der Waals surface area contributed by atoms with Gasteiger partial charge in [-0.1, -0.05) is 78.9 Å². The van der Waals surface area contributed by atoms with E-state index in [1.807, 2.05) is 42.5 Å². The summed E-state index contributed by atoms with van der Waals surface area (Å²) in [5, 5.41) is 0. The highest BCUT2D eigenvalue weighted by molar-refractivity contribution is 5.81. The summed E-state index contributed by atoms with van der Waals surface area (Å²) in [4.78, 5) is 0. The molecule has 3 nitrogen and oxygen atoms in total. The molecule has 0 atom stereocenters. The SMILES string of the molecule is Nc1ccc2c(c1N)C(c1ccccc1)(c1ccccc1)c1ccccc1O2. The minimum absolute atomic E-state index is 0.554. The second-order valence-corrected chi connectivity index (χ2v) is 7.02. The second kappa shape index (κ2) is 6.17. The molecule has 0 unspecified atom stereocenters. The van der Waals surface area contributed by atoms with Crippen LogP contribution >= 0.6 is 0 Å². The lowest BCUT2D eigenvalue weighted by molar-refractivity contribution is 0.435. The van der Waals surface area contributed by atoms with Crippen molar-refractivity contribution >= 4 is 11.4 Å². The van der Waals surface area contributed by atoms with E-state index in [-0.39, 0.29) is 0 Å². The summed E-state index contributed by atoms with van der Waals surface area (Å²) in [5.74, 6) is 1.56. The minimum Gasteiger partial charge on any atom is -0.457 e. The van der Waals surface area contributed by atoms with Gasteiger partial charge in [-0.15, -0.1) is 0 Å². The van der Waals surface area contributed by atoms with Crippen molar-refractivity contribution < 1.29 is 4.74 Å². The van der Waals surface area contributed by atoms with Crippen molar-refractivity contribution in [2.75, 3.05) is 11.5 Å². The number of ether oxygens (including phenoxy) is 1. The van der Waals surface area contributed by atoms with E-state index >= 15 is 0 Å². The summed E-state index contributed by atoms with van der Waals surface area (Å²) in [6.07, 6.45) is 0. The van der Waals surface area contributed by atoms with Gasteiger partial charge in [0.1, 0.15) is 11.5 Å². The van der Waals surface area contributed by atoms with E-state index in [1.54, 1.807) is 0 Å². The second-order valence-electron chi connectivity index (χ2n) is 7.02. The molecule has 0 saturated carbocycles. The van der Waals surface area contributed by atoms with Gasteiger partial charge in [0.25, 0.3) is 0 Å². The fourth-order valence-corrected chi connectivity index (χ4v) is 4.35. The van der Waals surface area contributed by atoms with E-state index in [2.05, 4.69) is 54.6 Å². The summed E-state index contributed by atoms with van der Waals surface area (Å²) >= 11 is 0. The molecule has 0 radical (unpaired) electrons. The van der Waals surface area contributed by atoms with Crippen molar-refractivity contribution in [3.05, 3.63) is 119 Å². The van der Waals surface area contributed by atoms with Gasteiger partial charge in [0.2, 0.25) is 0 Å². The molecule has 3 heteroatoms. The fraction of sp³-hybridized carbons (Fsp3) is 0.0400. The van der Waals surface area contributed by atoms with E-state index in [9.17, 15) is 0 Å². The van der Waals surface area contributed by atoms with Crippen molar-refractivity contribution in [1.82, 2.24) is 0 Å². The number of nitrogen functional groups attached to an aromatic ring is 2. The van der Waals surface area contributed by atoms with Gasteiger partial charge in [0.05, 0.1) is 16.8 Å². The van der Waals surface area contributed by atoms with E-state index in [1.165, 1.54) is 0 Å². The quantitative estimate of drug-likeness (QED) is 0.416. The Morgan fingerprint density at radius 2 is 1.14 bits per heavy atom. The number of para-hydroxylation sites is 1. The first-order valence-corrected chi connectivity index (χ1v) is 9.29. The Bertz CT molecular complexity index is 1110. The summed E-state index contributed by atoms with van der Waals surface area (Å²) in [5.41, 5.74) is 17.5. The summed E-state index contributed by atoms with van der Waals surface area (Å²) in [6, 6.07) is 32.7. The third-order valence-electron chi connectivity index (χ3n) is 5.54. The predicted molar refractivity (Wildman–Crippen MR) is 114 cm³/mol. The Labute approximate surface area is 164 Å². The van der Waals surface area contributed by atoms with Crippen LogP contribution in [0.5, 0.6) is 11.5 Å². The van der Waals surface area contributed by atoms with E-state index < -0.39 is 5.41 Å². The van der Waals surface area contributed by atoms with Crippen molar-refractivity contribution in [1.29, 1.82) is 0 Å². The van der Waals surface area contributed by atoms with Crippen LogP contribution in [0.2, 0.25) is 0 Å². The maximum absolute atomic E-state index is 6.61. The first-order valence-electron chi connectivity index (χ1n) is 9.29. The van der Waals surface area contributed by atoms with E-state index in [0.29, 0.717) is 11.4 Å². The average molecular weight is 364 g/mol. The van der Waals surface area contributed by atoms with Crippen molar-refractivity contribution in [3.8, 4) is 11.5 Å². The monoisotopic (exact) mass is 364 g/mol. The lowest BCUT2D eigenvalue weighted by Crippen LogP contribution is -2.35. The Balaban J connectivity index is 2.01. The molecule has 28 heavy (non-hydrogen) atoms. The highest BCUT2D eigenvalue weighted by Gasteiger charge is 2.46. The van der Waals surface area contributed by atoms with Gasteiger partial charge in [-0.25, -0.2) is 0 Å². The number of benzene rings is 4. The molecule has 0 aromatic heterocycles. The molecule has 4 aromatic carbocycles. The van der Waals surface area contributed by atoms with Crippen LogP contribution in [-0.2, 0) is 5.41 Å². The highest BCUT2D eigenvalue weighted by Crippen LogP contribution is 2.57. The van der Waals surface area contributed by atoms with Gasteiger partial charge in [0.15, 0.2) is 0 Å². The first kappa shape index (κ1) is 16.5. The highest BCUT2D eigenvalue weighted by atomic mass is 16.5. The van der Waals surface area contributed by atoms with Crippen LogP contribution in [-0.4, -0.2) is 0 Å². The largest absolute Gasteiger partial charge is 0.457 e. The van der Waals surface area contributed by atoms with Crippen LogP contribution in [0.3, 0.4) is 0 Å². The van der Waals surface area contributed by atoms with Crippen LogP contribution in [0.15, 0.2) is 97.1 Å². The molecule has 0 amide bonds. The van der Waals surface area contributed by atoms with Crippen LogP contribution in [0.25, 0.3) is 0 Å². The van der Waals surface area contributed by atoms with Gasteiger partial charge in [-0.05, 0) is 29.3 Å². The van der Waals surface area contributed by atoms with Gasteiger partial charge in [-0.2, -0.15) is 0 Å². The molecule has 0 saturated heterocycles. The molecule has 0 fully saturated rings. The zero-order valence-electron chi connectivity index (χ0n) is 15.3. The Morgan fingerprint density at radius 1 is 0.571 bits per heavy atom.